The van der Waals surface area contributed by atoms with Crippen LogP contribution in [0.3, 0.4) is 0 Å². The summed E-state index contributed by atoms with van der Waals surface area (Å²) >= 11 is 5.51. The highest BCUT2D eigenvalue weighted by molar-refractivity contribution is 6.30. The van der Waals surface area contributed by atoms with Crippen molar-refractivity contribution >= 4 is 17.5 Å². The summed E-state index contributed by atoms with van der Waals surface area (Å²) in [4.78, 5) is 21.6. The summed E-state index contributed by atoms with van der Waals surface area (Å²) in [6, 6.07) is 1.37. The van der Waals surface area contributed by atoms with E-state index < -0.39 is 5.38 Å². The lowest BCUT2D eigenvalue weighted by Crippen LogP contribution is -2.29. The maximum absolute atomic E-state index is 11.0. The molecule has 1 unspecified atom stereocenters. The van der Waals surface area contributed by atoms with Crippen molar-refractivity contribution < 1.29 is 4.79 Å². The van der Waals surface area contributed by atoms with Crippen molar-refractivity contribution in [3.8, 4) is 0 Å². The summed E-state index contributed by atoms with van der Waals surface area (Å²) in [5.41, 5.74) is 0.402. The second kappa shape index (κ2) is 4.13. The van der Waals surface area contributed by atoms with E-state index in [0.717, 1.165) is 0 Å². The zero-order valence-electron chi connectivity index (χ0n) is 7.06. The molecule has 0 aliphatic heterocycles. The average Bonchev–Trinajstić information content (AvgIpc) is 2.47. The molecule has 0 spiro atoms. The number of rotatable bonds is 3. The molecule has 1 rings (SSSR count). The van der Waals surface area contributed by atoms with Crippen LogP contribution in [0.5, 0.6) is 0 Å². The van der Waals surface area contributed by atoms with Gasteiger partial charge in [0, 0.05) is 6.07 Å². The van der Waals surface area contributed by atoms with E-state index in [0.29, 0.717) is 5.69 Å². The van der Waals surface area contributed by atoms with Crippen molar-refractivity contribution in [3.63, 3.8) is 0 Å². The Morgan fingerprint density at radius 2 is 2.38 bits per heavy atom. The molecule has 3 N–H and O–H groups in total. The van der Waals surface area contributed by atoms with Crippen LogP contribution in [-0.4, -0.2) is 21.5 Å². The van der Waals surface area contributed by atoms with E-state index in [2.05, 4.69) is 15.5 Å². The van der Waals surface area contributed by atoms with Crippen molar-refractivity contribution in [2.24, 2.45) is 0 Å². The van der Waals surface area contributed by atoms with E-state index in [1.54, 1.807) is 6.92 Å². The third-order valence-electron chi connectivity index (χ3n) is 1.47. The fourth-order valence-corrected chi connectivity index (χ4v) is 0.868. The van der Waals surface area contributed by atoms with E-state index in [4.69, 9.17) is 11.6 Å². The topological polar surface area (TPSA) is 77.8 Å². The molecule has 0 aliphatic carbocycles. The van der Waals surface area contributed by atoms with Gasteiger partial charge < -0.3 is 10.4 Å². The molecule has 1 aromatic rings. The van der Waals surface area contributed by atoms with Crippen molar-refractivity contribution in [2.75, 3.05) is 0 Å². The monoisotopic (exact) mass is 203 g/mol. The Hall–Kier alpha value is -1.23. The first-order valence-corrected chi connectivity index (χ1v) is 4.21. The molecule has 13 heavy (non-hydrogen) atoms. The second-order valence-corrected chi connectivity index (χ2v) is 3.27. The molecule has 1 heterocycles. The van der Waals surface area contributed by atoms with Gasteiger partial charge in [0.25, 0.3) is 5.56 Å². The van der Waals surface area contributed by atoms with Gasteiger partial charge in [0.15, 0.2) is 0 Å². The first-order chi connectivity index (χ1) is 6.09. The number of amides is 1. The Morgan fingerprint density at radius 1 is 1.69 bits per heavy atom. The van der Waals surface area contributed by atoms with Gasteiger partial charge in [-0.3, -0.25) is 14.7 Å². The average molecular weight is 204 g/mol. The lowest BCUT2D eigenvalue weighted by Gasteiger charge is -2.03. The van der Waals surface area contributed by atoms with Gasteiger partial charge in [0.2, 0.25) is 5.91 Å². The quantitative estimate of drug-likeness (QED) is 0.603. The van der Waals surface area contributed by atoms with Crippen LogP contribution in [-0.2, 0) is 11.3 Å². The molecule has 1 atom stereocenters. The molecule has 0 bridgehead atoms. The highest BCUT2D eigenvalue weighted by Crippen LogP contribution is 1.93. The molecule has 0 fully saturated rings. The van der Waals surface area contributed by atoms with Gasteiger partial charge in [-0.1, -0.05) is 0 Å². The number of alkyl halides is 1. The smallest absolute Gasteiger partial charge is 0.264 e. The van der Waals surface area contributed by atoms with Crippen LogP contribution < -0.4 is 10.9 Å². The minimum atomic E-state index is -0.564. The van der Waals surface area contributed by atoms with Crippen LogP contribution >= 0.6 is 11.6 Å². The maximum atomic E-state index is 11.0. The largest absolute Gasteiger partial charge is 0.349 e. The fraction of sp³-hybridized carbons (Fsp3) is 0.429. The Kier molecular flexibility index (Phi) is 3.13. The van der Waals surface area contributed by atoms with Crippen LogP contribution in [0.1, 0.15) is 12.6 Å². The third kappa shape index (κ3) is 2.95. The number of aromatic nitrogens is 2. The molecule has 0 radical (unpaired) electrons. The molecule has 5 nitrogen and oxygen atoms in total. The Labute approximate surface area is 79.5 Å². The first-order valence-electron chi connectivity index (χ1n) is 3.78. The van der Waals surface area contributed by atoms with Crippen LogP contribution in [0.25, 0.3) is 0 Å². The molecule has 0 saturated heterocycles. The van der Waals surface area contributed by atoms with Crippen molar-refractivity contribution in [3.05, 3.63) is 22.1 Å². The van der Waals surface area contributed by atoms with Gasteiger partial charge in [-0.15, -0.1) is 11.6 Å². The number of nitrogens with one attached hydrogen (secondary N) is 3. The lowest BCUT2D eigenvalue weighted by molar-refractivity contribution is -0.120. The highest BCUT2D eigenvalue weighted by atomic mass is 35.5. The van der Waals surface area contributed by atoms with E-state index >= 15 is 0 Å². The summed E-state index contributed by atoms with van der Waals surface area (Å²) in [6.07, 6.45) is 0. The molecule has 0 aromatic carbocycles. The number of halogens is 1. The normalized spacial score (nSPS) is 12.5. The van der Waals surface area contributed by atoms with Gasteiger partial charge >= 0.3 is 0 Å². The fourth-order valence-electron chi connectivity index (χ4n) is 0.790. The van der Waals surface area contributed by atoms with Gasteiger partial charge in [-0.25, -0.2) is 0 Å². The summed E-state index contributed by atoms with van der Waals surface area (Å²) in [5.74, 6) is -0.260. The summed E-state index contributed by atoms with van der Waals surface area (Å²) in [5, 5.41) is 6.95. The van der Waals surface area contributed by atoms with Gasteiger partial charge in [0.1, 0.15) is 5.38 Å². The number of aromatic amines is 2. The molecule has 0 aliphatic rings. The molecule has 6 heteroatoms. The SMILES string of the molecule is CC(Cl)C(=O)NCc1cc(=O)[nH][nH]1. The number of hydrogen-bond acceptors (Lipinski definition) is 2. The van der Waals surface area contributed by atoms with Crippen LogP contribution in [0.4, 0.5) is 0 Å². The summed E-state index contributed by atoms with van der Waals surface area (Å²) in [6.45, 7) is 1.85. The van der Waals surface area contributed by atoms with Gasteiger partial charge in [-0.2, -0.15) is 0 Å². The summed E-state index contributed by atoms with van der Waals surface area (Å²) < 4.78 is 0. The van der Waals surface area contributed by atoms with Gasteiger partial charge in [-0.05, 0) is 6.92 Å². The summed E-state index contributed by atoms with van der Waals surface area (Å²) in [7, 11) is 0. The number of hydrogen-bond donors (Lipinski definition) is 3. The number of carbonyl (C=O) groups excluding carboxylic acids is 1. The van der Waals surface area contributed by atoms with E-state index in [-0.39, 0.29) is 18.0 Å². The van der Waals surface area contributed by atoms with E-state index in [9.17, 15) is 9.59 Å². The predicted octanol–water partition coefficient (Wildman–Crippen LogP) is -0.0535. The zero-order chi connectivity index (χ0) is 9.84. The minimum absolute atomic E-state index is 0.219. The van der Waals surface area contributed by atoms with Crippen molar-refractivity contribution in [1.29, 1.82) is 0 Å². The number of H-pyrrole nitrogens is 2. The van der Waals surface area contributed by atoms with Crippen LogP contribution in [0.2, 0.25) is 0 Å². The van der Waals surface area contributed by atoms with E-state index in [1.807, 2.05) is 0 Å². The van der Waals surface area contributed by atoms with Crippen molar-refractivity contribution in [2.45, 2.75) is 18.8 Å². The van der Waals surface area contributed by atoms with Gasteiger partial charge in [0.05, 0.1) is 12.2 Å². The highest BCUT2D eigenvalue weighted by Gasteiger charge is 2.08. The molecule has 72 valence electrons. The first kappa shape index (κ1) is 9.85. The van der Waals surface area contributed by atoms with E-state index in [1.165, 1.54) is 6.07 Å². The van der Waals surface area contributed by atoms with Crippen LogP contribution in [0, 0.1) is 0 Å². The molecule has 0 saturated carbocycles. The molecular weight excluding hydrogens is 194 g/mol. The maximum Gasteiger partial charge on any atom is 0.264 e. The lowest BCUT2D eigenvalue weighted by atomic mass is 10.4. The van der Waals surface area contributed by atoms with Crippen molar-refractivity contribution in [1.82, 2.24) is 15.5 Å². The Morgan fingerprint density at radius 3 is 2.85 bits per heavy atom. The Balaban J connectivity index is 2.44. The standard InChI is InChI=1S/C7H10ClN3O2/c1-4(8)7(13)9-3-5-2-6(12)11-10-5/h2,4H,3H2,1H3,(H,9,13)(H2,10,11,12). The molecule has 1 aromatic heterocycles. The zero-order valence-corrected chi connectivity index (χ0v) is 7.81. The molecular formula is C7H10ClN3O2. The Bertz CT molecular complexity index is 342. The van der Waals surface area contributed by atoms with Crippen LogP contribution in [0.15, 0.2) is 10.9 Å². The minimum Gasteiger partial charge on any atom is -0.349 e. The predicted molar refractivity (Wildman–Crippen MR) is 48.6 cm³/mol. The second-order valence-electron chi connectivity index (χ2n) is 2.62. The molecule has 1 amide bonds. The number of carbonyl (C=O) groups is 1. The third-order valence-corrected chi connectivity index (χ3v) is 1.66.